The number of pyridine rings is 1. The number of rotatable bonds is 4. The van der Waals surface area contributed by atoms with Crippen LogP contribution in [-0.2, 0) is 27.4 Å². The summed E-state index contributed by atoms with van der Waals surface area (Å²) < 4.78 is 5.21. The van der Waals surface area contributed by atoms with Gasteiger partial charge in [0, 0.05) is 36.4 Å². The zero-order valence-corrected chi connectivity index (χ0v) is 18.9. The molecule has 9 heteroatoms. The molecule has 5 rings (SSSR count). The van der Waals surface area contributed by atoms with Gasteiger partial charge in [0.25, 0.3) is 5.91 Å². The van der Waals surface area contributed by atoms with Crippen molar-refractivity contribution in [3.05, 3.63) is 69.8 Å². The Bertz CT molecular complexity index is 1340. The number of aromatic hydroxyl groups is 1. The molecule has 3 atom stereocenters. The van der Waals surface area contributed by atoms with Gasteiger partial charge in [0.05, 0.1) is 23.8 Å². The number of aliphatic hydroxyl groups excluding tert-OH is 2. The largest absolute Gasteiger partial charge is 0.511 e. The maximum absolute atomic E-state index is 13.8. The van der Waals surface area contributed by atoms with E-state index in [0.29, 0.717) is 35.2 Å². The molecule has 3 unspecified atom stereocenters. The maximum Gasteiger partial charge on any atom is 0.255 e. The molecule has 2 aromatic rings. The van der Waals surface area contributed by atoms with E-state index in [1.54, 1.807) is 24.4 Å². The van der Waals surface area contributed by atoms with E-state index in [9.17, 15) is 29.7 Å². The van der Waals surface area contributed by atoms with Crippen molar-refractivity contribution in [1.82, 2.24) is 4.98 Å². The number of phenols is 1. The molecule has 1 aromatic heterocycles. The number of aliphatic hydroxyl groups is 2. The molecular formula is C26H24N2O7. The highest BCUT2D eigenvalue weighted by molar-refractivity contribution is 6.22. The predicted molar refractivity (Wildman–Crippen MR) is 123 cm³/mol. The van der Waals surface area contributed by atoms with Crippen molar-refractivity contribution in [1.29, 1.82) is 0 Å². The fraction of sp³-hybridized carbons (Fsp3) is 0.308. The molecule has 180 valence electrons. The lowest BCUT2D eigenvalue weighted by Gasteiger charge is -2.41. The first kappa shape index (κ1) is 22.8. The quantitative estimate of drug-likeness (QED) is 0.490. The summed E-state index contributed by atoms with van der Waals surface area (Å²) in [6.45, 7) is 0.0515. The number of amides is 1. The fourth-order valence-electron chi connectivity index (χ4n) is 5.78. The minimum absolute atomic E-state index is 0.00527. The molecule has 0 saturated heterocycles. The number of ketones is 2. The third-order valence-electron chi connectivity index (χ3n) is 7.21. The Hall–Kier alpha value is -3.98. The molecule has 0 aliphatic heterocycles. The summed E-state index contributed by atoms with van der Waals surface area (Å²) in [7, 11) is 1.47. The van der Waals surface area contributed by atoms with Crippen LogP contribution in [0.1, 0.15) is 34.3 Å². The van der Waals surface area contributed by atoms with Crippen molar-refractivity contribution in [2.45, 2.75) is 25.9 Å². The van der Waals surface area contributed by atoms with E-state index in [2.05, 4.69) is 4.98 Å². The second kappa shape index (κ2) is 8.35. The molecule has 0 fully saturated rings. The van der Waals surface area contributed by atoms with Gasteiger partial charge in [-0.1, -0.05) is 6.07 Å². The van der Waals surface area contributed by atoms with Crippen LogP contribution in [-0.4, -0.2) is 44.9 Å². The average molecular weight is 476 g/mol. The van der Waals surface area contributed by atoms with Crippen molar-refractivity contribution in [2.24, 2.45) is 23.5 Å². The average Bonchev–Trinajstić information content (AvgIpc) is 2.80. The molecule has 0 bridgehead atoms. The number of nitrogens with two attached hydrogens (primary N) is 1. The van der Waals surface area contributed by atoms with E-state index in [0.717, 1.165) is 0 Å². The van der Waals surface area contributed by atoms with E-state index >= 15 is 0 Å². The Balaban J connectivity index is 1.69. The van der Waals surface area contributed by atoms with Gasteiger partial charge in [-0.15, -0.1) is 0 Å². The monoisotopic (exact) mass is 476 g/mol. The van der Waals surface area contributed by atoms with Crippen molar-refractivity contribution in [3.63, 3.8) is 0 Å². The second-order valence-corrected chi connectivity index (χ2v) is 9.19. The number of hydrogen-bond acceptors (Lipinski definition) is 8. The Morgan fingerprint density at radius 1 is 1.20 bits per heavy atom. The number of hydrogen-bond donors (Lipinski definition) is 4. The normalized spacial score (nSPS) is 23.6. The number of allylic oxidation sites excluding steroid dienone is 3. The van der Waals surface area contributed by atoms with Gasteiger partial charge < -0.3 is 25.8 Å². The third kappa shape index (κ3) is 3.42. The molecule has 1 heterocycles. The number of methoxy groups -OCH3 is 1. The van der Waals surface area contributed by atoms with Crippen LogP contribution in [0.25, 0.3) is 11.3 Å². The summed E-state index contributed by atoms with van der Waals surface area (Å²) >= 11 is 0. The topological polar surface area (TPSA) is 160 Å². The molecule has 5 N–H and O–H groups in total. The number of carbonyl (C=O) groups is 3. The minimum Gasteiger partial charge on any atom is -0.511 e. The van der Waals surface area contributed by atoms with Crippen LogP contribution in [0.15, 0.2) is 53.1 Å². The van der Waals surface area contributed by atoms with Crippen molar-refractivity contribution in [2.75, 3.05) is 7.11 Å². The molecule has 1 amide bonds. The van der Waals surface area contributed by atoms with E-state index in [1.807, 2.05) is 6.07 Å². The lowest BCUT2D eigenvalue weighted by atomic mass is 9.62. The molecule has 35 heavy (non-hydrogen) atoms. The molecule has 3 aliphatic carbocycles. The molecule has 0 spiro atoms. The lowest BCUT2D eigenvalue weighted by molar-refractivity contribution is -0.126. The van der Waals surface area contributed by atoms with Crippen LogP contribution in [0.4, 0.5) is 0 Å². The first-order valence-corrected chi connectivity index (χ1v) is 11.3. The number of primary amides is 1. The second-order valence-electron chi connectivity index (χ2n) is 9.19. The first-order valence-electron chi connectivity index (χ1n) is 11.3. The SMILES string of the molecule is COCc1cc(-c2ccccn2)c2c(c1O)C(=O)C1=C(O)C3C(=O)C(C(N)=O)=C(O)CC3CC1C2. The summed E-state index contributed by atoms with van der Waals surface area (Å²) in [6.07, 6.45) is 2.28. The van der Waals surface area contributed by atoms with Gasteiger partial charge in [-0.2, -0.15) is 0 Å². The van der Waals surface area contributed by atoms with Gasteiger partial charge in [-0.3, -0.25) is 19.4 Å². The molecule has 1 aromatic carbocycles. The van der Waals surface area contributed by atoms with Crippen LogP contribution in [0.5, 0.6) is 5.75 Å². The van der Waals surface area contributed by atoms with Crippen molar-refractivity contribution in [3.8, 4) is 17.0 Å². The molecule has 0 radical (unpaired) electrons. The predicted octanol–water partition coefficient (Wildman–Crippen LogP) is 2.67. The first-order chi connectivity index (χ1) is 16.7. The molecule has 9 nitrogen and oxygen atoms in total. The van der Waals surface area contributed by atoms with E-state index in [4.69, 9.17) is 10.5 Å². The van der Waals surface area contributed by atoms with Crippen molar-refractivity contribution >= 4 is 17.5 Å². The summed E-state index contributed by atoms with van der Waals surface area (Å²) in [5, 5.41) is 32.5. The lowest BCUT2D eigenvalue weighted by Crippen LogP contribution is -2.43. The zero-order chi connectivity index (χ0) is 25.0. The Morgan fingerprint density at radius 3 is 2.63 bits per heavy atom. The highest BCUT2D eigenvalue weighted by atomic mass is 16.5. The number of fused-ring (bicyclic) bond motifs is 3. The standard InChI is InChI=1S/C26H24N2O7/c1-35-10-13-8-14(16-4-2-3-5-28-16)15-7-11-6-12-9-17(29)21(26(27)34)25(33)19(12)23(31)18(11)24(32)20(15)22(13)30/h2-5,8,11-12,19,29-31H,6-7,9-10H2,1H3,(H2,27,34). The van der Waals surface area contributed by atoms with E-state index in [-0.39, 0.29) is 29.9 Å². The van der Waals surface area contributed by atoms with Gasteiger partial charge in [0.1, 0.15) is 22.8 Å². The maximum atomic E-state index is 13.8. The zero-order valence-electron chi connectivity index (χ0n) is 18.9. The number of aromatic nitrogens is 1. The van der Waals surface area contributed by atoms with E-state index < -0.39 is 52.3 Å². The van der Waals surface area contributed by atoms with Gasteiger partial charge in [0.15, 0.2) is 11.6 Å². The van der Waals surface area contributed by atoms with Crippen LogP contribution in [0, 0.1) is 17.8 Å². The number of nitrogens with zero attached hydrogens (tertiary/aromatic N) is 1. The summed E-state index contributed by atoms with van der Waals surface area (Å²) in [5.41, 5.74) is 7.14. The number of ether oxygens (including phenoxy) is 1. The molecule has 0 saturated carbocycles. The van der Waals surface area contributed by atoms with Crippen LogP contribution < -0.4 is 5.73 Å². The molecular weight excluding hydrogens is 452 g/mol. The van der Waals surface area contributed by atoms with Crippen LogP contribution >= 0.6 is 0 Å². The van der Waals surface area contributed by atoms with Gasteiger partial charge in [0.2, 0.25) is 0 Å². The highest BCUT2D eigenvalue weighted by Gasteiger charge is 2.50. The number of Topliss-reactive ketones (excluding diaryl/α,β-unsaturated/α-hetero) is 2. The summed E-state index contributed by atoms with van der Waals surface area (Å²) in [5.74, 6) is -5.58. The smallest absolute Gasteiger partial charge is 0.255 e. The minimum atomic E-state index is -1.15. The van der Waals surface area contributed by atoms with Crippen LogP contribution in [0.3, 0.4) is 0 Å². The van der Waals surface area contributed by atoms with Crippen molar-refractivity contribution < 1.29 is 34.4 Å². The number of phenolic OH excluding ortho intramolecular Hbond substituents is 1. The fourth-order valence-corrected chi connectivity index (χ4v) is 5.78. The van der Waals surface area contributed by atoms with Crippen LogP contribution in [0.2, 0.25) is 0 Å². The number of carbonyl (C=O) groups excluding carboxylic acids is 3. The molecule has 3 aliphatic rings. The Labute approximate surface area is 200 Å². The number of benzene rings is 1. The van der Waals surface area contributed by atoms with E-state index in [1.165, 1.54) is 7.11 Å². The van der Waals surface area contributed by atoms with Gasteiger partial charge >= 0.3 is 0 Å². The summed E-state index contributed by atoms with van der Waals surface area (Å²) in [4.78, 5) is 42.9. The highest BCUT2D eigenvalue weighted by Crippen LogP contribution is 2.51. The summed E-state index contributed by atoms with van der Waals surface area (Å²) in [6, 6.07) is 7.16. The van der Waals surface area contributed by atoms with Gasteiger partial charge in [-0.25, -0.2) is 0 Å². The Morgan fingerprint density at radius 2 is 1.97 bits per heavy atom. The Kier molecular flexibility index (Phi) is 5.44. The third-order valence-corrected chi connectivity index (χ3v) is 7.21. The van der Waals surface area contributed by atoms with Gasteiger partial charge in [-0.05, 0) is 48.4 Å².